The Morgan fingerprint density at radius 2 is 2.26 bits per heavy atom. The second kappa shape index (κ2) is 5.33. The minimum Gasteiger partial charge on any atom is -0.342 e. The third-order valence-electron chi connectivity index (χ3n) is 3.84. The predicted octanol–water partition coefficient (Wildman–Crippen LogP) is 3.06. The second-order valence-corrected chi connectivity index (χ2v) is 6.13. The fourth-order valence-corrected chi connectivity index (χ4v) is 2.94. The van der Waals surface area contributed by atoms with Crippen LogP contribution in [0.5, 0.6) is 0 Å². The molecular weight excluding hydrogens is 234 g/mol. The van der Waals surface area contributed by atoms with Gasteiger partial charge in [-0.05, 0) is 49.4 Å². The van der Waals surface area contributed by atoms with E-state index in [2.05, 4.69) is 47.3 Å². The molecule has 3 rings (SSSR count). The third-order valence-corrected chi connectivity index (χ3v) is 3.84. The SMILES string of the molecule is CC(C)Cc1nc2ccc(CC3CCCN3)cc2[nH]1. The molecule has 0 radical (unpaired) electrons. The maximum absolute atomic E-state index is 4.65. The first-order valence-electron chi connectivity index (χ1n) is 7.41. The minimum absolute atomic E-state index is 0.641. The summed E-state index contributed by atoms with van der Waals surface area (Å²) in [6.45, 7) is 5.63. The van der Waals surface area contributed by atoms with Crippen LogP contribution in [0.4, 0.5) is 0 Å². The van der Waals surface area contributed by atoms with E-state index in [0.29, 0.717) is 12.0 Å². The van der Waals surface area contributed by atoms with Crippen LogP contribution in [0.1, 0.15) is 38.1 Å². The number of benzene rings is 1. The Bertz CT molecular complexity index is 550. The largest absolute Gasteiger partial charge is 0.342 e. The Kier molecular flexibility index (Phi) is 3.56. The van der Waals surface area contributed by atoms with Gasteiger partial charge in [0, 0.05) is 12.5 Å². The monoisotopic (exact) mass is 257 g/mol. The number of hydrogen-bond donors (Lipinski definition) is 2. The zero-order valence-electron chi connectivity index (χ0n) is 11.9. The highest BCUT2D eigenvalue weighted by molar-refractivity contribution is 5.75. The molecule has 3 heteroatoms. The van der Waals surface area contributed by atoms with E-state index in [1.54, 1.807) is 0 Å². The molecule has 19 heavy (non-hydrogen) atoms. The molecule has 2 N–H and O–H groups in total. The number of aromatic nitrogens is 2. The third kappa shape index (κ3) is 2.98. The van der Waals surface area contributed by atoms with Gasteiger partial charge in [-0.3, -0.25) is 0 Å². The van der Waals surface area contributed by atoms with Gasteiger partial charge in [-0.15, -0.1) is 0 Å². The normalized spacial score (nSPS) is 19.6. The lowest BCUT2D eigenvalue weighted by Crippen LogP contribution is -2.23. The number of rotatable bonds is 4. The van der Waals surface area contributed by atoms with Crippen molar-refractivity contribution >= 4 is 11.0 Å². The molecule has 2 aromatic rings. The molecule has 1 aliphatic rings. The van der Waals surface area contributed by atoms with E-state index >= 15 is 0 Å². The first-order chi connectivity index (χ1) is 9.20. The van der Waals surface area contributed by atoms with E-state index in [0.717, 1.165) is 24.2 Å². The van der Waals surface area contributed by atoms with Crippen LogP contribution in [0.15, 0.2) is 18.2 Å². The minimum atomic E-state index is 0.641. The van der Waals surface area contributed by atoms with E-state index in [9.17, 15) is 0 Å². The Morgan fingerprint density at radius 3 is 3.00 bits per heavy atom. The summed E-state index contributed by atoms with van der Waals surface area (Å²) < 4.78 is 0. The number of nitrogens with one attached hydrogen (secondary N) is 2. The molecule has 0 spiro atoms. The molecule has 0 aliphatic carbocycles. The van der Waals surface area contributed by atoms with Crippen molar-refractivity contribution in [3.63, 3.8) is 0 Å². The molecule has 1 aliphatic heterocycles. The summed E-state index contributed by atoms with van der Waals surface area (Å²) in [5.41, 5.74) is 3.69. The van der Waals surface area contributed by atoms with Crippen LogP contribution in [0.25, 0.3) is 11.0 Å². The topological polar surface area (TPSA) is 40.7 Å². The van der Waals surface area contributed by atoms with Crippen LogP contribution in [-0.2, 0) is 12.8 Å². The quantitative estimate of drug-likeness (QED) is 0.884. The summed E-state index contributed by atoms with van der Waals surface area (Å²) in [6, 6.07) is 7.31. The molecule has 1 atom stereocenters. The van der Waals surface area contributed by atoms with Crippen molar-refractivity contribution < 1.29 is 0 Å². The number of H-pyrrole nitrogens is 1. The maximum atomic E-state index is 4.65. The van der Waals surface area contributed by atoms with Gasteiger partial charge in [0.1, 0.15) is 5.82 Å². The fourth-order valence-electron chi connectivity index (χ4n) is 2.94. The van der Waals surface area contributed by atoms with Gasteiger partial charge in [0.05, 0.1) is 11.0 Å². The fraction of sp³-hybridized carbons (Fsp3) is 0.562. The van der Waals surface area contributed by atoms with Crippen LogP contribution in [0.3, 0.4) is 0 Å². The summed E-state index contributed by atoms with van der Waals surface area (Å²) in [6.07, 6.45) is 4.78. The lowest BCUT2D eigenvalue weighted by Gasteiger charge is -2.09. The summed E-state index contributed by atoms with van der Waals surface area (Å²) >= 11 is 0. The van der Waals surface area contributed by atoms with Crippen molar-refractivity contribution in [3.05, 3.63) is 29.6 Å². The van der Waals surface area contributed by atoms with Crippen molar-refractivity contribution in [3.8, 4) is 0 Å². The van der Waals surface area contributed by atoms with Crippen molar-refractivity contribution in [2.75, 3.05) is 6.54 Å². The van der Waals surface area contributed by atoms with Crippen LogP contribution in [0, 0.1) is 5.92 Å². The molecule has 1 unspecified atom stereocenters. The molecule has 3 nitrogen and oxygen atoms in total. The Morgan fingerprint density at radius 1 is 1.37 bits per heavy atom. The van der Waals surface area contributed by atoms with E-state index < -0.39 is 0 Å². The van der Waals surface area contributed by atoms with Gasteiger partial charge >= 0.3 is 0 Å². The van der Waals surface area contributed by atoms with Gasteiger partial charge in [0.2, 0.25) is 0 Å². The van der Waals surface area contributed by atoms with Crippen molar-refractivity contribution in [2.24, 2.45) is 5.92 Å². The summed E-state index contributed by atoms with van der Waals surface area (Å²) in [5.74, 6) is 1.75. The van der Waals surface area contributed by atoms with Gasteiger partial charge in [0.15, 0.2) is 0 Å². The Hall–Kier alpha value is -1.35. The second-order valence-electron chi connectivity index (χ2n) is 6.13. The average molecular weight is 257 g/mol. The Labute approximate surface area is 114 Å². The zero-order chi connectivity index (χ0) is 13.2. The first kappa shape index (κ1) is 12.7. The van der Waals surface area contributed by atoms with E-state index in [4.69, 9.17) is 0 Å². The molecule has 1 aromatic heterocycles. The predicted molar refractivity (Wildman–Crippen MR) is 79.4 cm³/mol. The van der Waals surface area contributed by atoms with Gasteiger partial charge in [-0.25, -0.2) is 4.98 Å². The Balaban J connectivity index is 1.79. The summed E-state index contributed by atoms with van der Waals surface area (Å²) in [4.78, 5) is 8.12. The van der Waals surface area contributed by atoms with Crippen LogP contribution in [-0.4, -0.2) is 22.6 Å². The molecule has 1 aromatic carbocycles. The van der Waals surface area contributed by atoms with Gasteiger partial charge in [-0.1, -0.05) is 19.9 Å². The van der Waals surface area contributed by atoms with Crippen LogP contribution < -0.4 is 5.32 Å². The van der Waals surface area contributed by atoms with Crippen molar-refractivity contribution in [2.45, 2.75) is 45.6 Å². The maximum Gasteiger partial charge on any atom is 0.107 e. The summed E-state index contributed by atoms with van der Waals surface area (Å²) in [7, 11) is 0. The number of aromatic amines is 1. The molecule has 0 amide bonds. The number of nitrogens with zero attached hydrogens (tertiary/aromatic N) is 1. The average Bonchev–Trinajstić information content (AvgIpc) is 2.96. The molecule has 102 valence electrons. The molecular formula is C16H23N3. The highest BCUT2D eigenvalue weighted by atomic mass is 14.9. The smallest absolute Gasteiger partial charge is 0.107 e. The number of hydrogen-bond acceptors (Lipinski definition) is 2. The molecule has 1 fully saturated rings. The zero-order valence-corrected chi connectivity index (χ0v) is 11.9. The highest BCUT2D eigenvalue weighted by Gasteiger charge is 2.14. The summed E-state index contributed by atoms with van der Waals surface area (Å²) in [5, 5.41) is 3.56. The van der Waals surface area contributed by atoms with Gasteiger partial charge in [0.25, 0.3) is 0 Å². The molecule has 2 heterocycles. The first-order valence-corrected chi connectivity index (χ1v) is 7.41. The van der Waals surface area contributed by atoms with Gasteiger partial charge in [-0.2, -0.15) is 0 Å². The number of fused-ring (bicyclic) bond motifs is 1. The van der Waals surface area contributed by atoms with E-state index in [1.807, 2.05) is 0 Å². The van der Waals surface area contributed by atoms with Crippen LogP contribution in [0.2, 0.25) is 0 Å². The lowest BCUT2D eigenvalue weighted by atomic mass is 10.0. The number of imidazole rings is 1. The van der Waals surface area contributed by atoms with E-state index in [1.165, 1.54) is 30.5 Å². The van der Waals surface area contributed by atoms with Crippen molar-refractivity contribution in [1.29, 1.82) is 0 Å². The molecule has 0 bridgehead atoms. The lowest BCUT2D eigenvalue weighted by molar-refractivity contribution is 0.603. The van der Waals surface area contributed by atoms with Crippen LogP contribution >= 0.6 is 0 Å². The molecule has 1 saturated heterocycles. The van der Waals surface area contributed by atoms with E-state index in [-0.39, 0.29) is 0 Å². The molecule has 0 saturated carbocycles. The highest BCUT2D eigenvalue weighted by Crippen LogP contribution is 2.18. The van der Waals surface area contributed by atoms with Gasteiger partial charge < -0.3 is 10.3 Å². The van der Waals surface area contributed by atoms with Crippen molar-refractivity contribution in [1.82, 2.24) is 15.3 Å². The standard InChI is InChI=1S/C16H23N3/c1-11(2)8-16-18-14-6-5-12(10-15(14)19-16)9-13-4-3-7-17-13/h5-6,10-11,13,17H,3-4,7-9H2,1-2H3,(H,18,19).